The minimum Gasteiger partial charge on any atom is -0.484 e. The third kappa shape index (κ3) is 5.82. The lowest BCUT2D eigenvalue weighted by molar-refractivity contribution is -0.123. The van der Waals surface area contributed by atoms with Crippen molar-refractivity contribution in [3.8, 4) is 5.75 Å². The number of hydrogen-bond donors (Lipinski definition) is 1. The van der Waals surface area contributed by atoms with E-state index in [0.29, 0.717) is 17.9 Å². The van der Waals surface area contributed by atoms with Gasteiger partial charge in [0, 0.05) is 12.6 Å². The van der Waals surface area contributed by atoms with E-state index >= 15 is 0 Å². The van der Waals surface area contributed by atoms with Crippen LogP contribution in [-0.4, -0.2) is 43.1 Å². The maximum absolute atomic E-state index is 12.0. The summed E-state index contributed by atoms with van der Waals surface area (Å²) in [6.45, 7) is 11.9. The molecule has 0 atom stereocenters. The van der Waals surface area contributed by atoms with Crippen LogP contribution in [0.3, 0.4) is 0 Å². The van der Waals surface area contributed by atoms with Gasteiger partial charge in [-0.05, 0) is 69.3 Å². The molecule has 1 saturated heterocycles. The third-order valence-electron chi connectivity index (χ3n) is 4.88. The van der Waals surface area contributed by atoms with Crippen molar-refractivity contribution in [2.45, 2.75) is 52.5 Å². The van der Waals surface area contributed by atoms with Crippen LogP contribution in [0.4, 0.5) is 0 Å². The largest absolute Gasteiger partial charge is 0.484 e. The predicted octanol–water partition coefficient (Wildman–Crippen LogP) is 3.43. The standard InChI is InChI=1S/C20H32N2O2/c1-15(2)18-5-7-19(8-6-18)24-14-20(23)21-13-17-9-11-22(12-10-17)16(3)4/h5-8,15-17H,9-14H2,1-4H3,(H,21,23). The molecule has 4 heteroatoms. The van der Waals surface area contributed by atoms with Gasteiger partial charge in [-0.15, -0.1) is 0 Å². The highest BCUT2D eigenvalue weighted by atomic mass is 16.5. The first-order valence-corrected chi connectivity index (χ1v) is 9.19. The van der Waals surface area contributed by atoms with Crippen molar-refractivity contribution >= 4 is 5.91 Å². The topological polar surface area (TPSA) is 41.6 Å². The number of rotatable bonds is 7. The number of ether oxygens (including phenoxy) is 1. The first kappa shape index (κ1) is 18.8. The lowest BCUT2D eigenvalue weighted by atomic mass is 9.96. The lowest BCUT2D eigenvalue weighted by Crippen LogP contribution is -2.42. The Bertz CT molecular complexity index is 503. The quantitative estimate of drug-likeness (QED) is 0.832. The van der Waals surface area contributed by atoms with Gasteiger partial charge >= 0.3 is 0 Å². The number of amides is 1. The number of nitrogens with zero attached hydrogens (tertiary/aromatic N) is 1. The van der Waals surface area contributed by atoms with Gasteiger partial charge in [0.15, 0.2) is 6.61 Å². The second-order valence-electron chi connectivity index (χ2n) is 7.39. The van der Waals surface area contributed by atoms with Gasteiger partial charge in [0.1, 0.15) is 5.75 Å². The van der Waals surface area contributed by atoms with Crippen LogP contribution in [0.1, 0.15) is 52.0 Å². The molecule has 134 valence electrons. The monoisotopic (exact) mass is 332 g/mol. The molecule has 0 aromatic heterocycles. The second kappa shape index (κ2) is 9.07. The van der Waals surface area contributed by atoms with Gasteiger partial charge in [0.25, 0.3) is 5.91 Å². The molecule has 4 nitrogen and oxygen atoms in total. The van der Waals surface area contributed by atoms with E-state index in [0.717, 1.165) is 38.2 Å². The summed E-state index contributed by atoms with van der Waals surface area (Å²) in [5.74, 6) is 1.81. The predicted molar refractivity (Wildman–Crippen MR) is 98.5 cm³/mol. The van der Waals surface area contributed by atoms with Gasteiger partial charge < -0.3 is 15.0 Å². The average molecular weight is 332 g/mol. The summed E-state index contributed by atoms with van der Waals surface area (Å²) in [5.41, 5.74) is 1.28. The Kier molecular flexibility index (Phi) is 7.10. The molecule has 0 bridgehead atoms. The molecular weight excluding hydrogens is 300 g/mol. The molecule has 1 aliphatic rings. The minimum absolute atomic E-state index is 0.0331. The smallest absolute Gasteiger partial charge is 0.257 e. The summed E-state index contributed by atoms with van der Waals surface area (Å²) in [7, 11) is 0. The highest BCUT2D eigenvalue weighted by molar-refractivity contribution is 5.77. The Hall–Kier alpha value is -1.55. The molecule has 1 aliphatic heterocycles. The van der Waals surface area contributed by atoms with Gasteiger partial charge in [-0.25, -0.2) is 0 Å². The SMILES string of the molecule is CC(C)c1ccc(OCC(=O)NCC2CCN(C(C)C)CC2)cc1. The minimum atomic E-state index is -0.0331. The number of likely N-dealkylation sites (tertiary alicyclic amines) is 1. The summed E-state index contributed by atoms with van der Waals surface area (Å²) in [4.78, 5) is 14.5. The number of benzene rings is 1. The summed E-state index contributed by atoms with van der Waals surface area (Å²) in [6, 6.07) is 8.60. The van der Waals surface area contributed by atoms with Gasteiger partial charge in [0.05, 0.1) is 0 Å². The first-order chi connectivity index (χ1) is 11.5. The molecule has 1 aromatic carbocycles. The van der Waals surface area contributed by atoms with Gasteiger partial charge in [0.2, 0.25) is 0 Å². The molecule has 0 spiro atoms. The second-order valence-corrected chi connectivity index (χ2v) is 7.39. The molecule has 1 fully saturated rings. The molecule has 0 saturated carbocycles. The van der Waals surface area contributed by atoms with Crippen molar-refractivity contribution in [1.82, 2.24) is 10.2 Å². The molecule has 0 unspecified atom stereocenters. The van der Waals surface area contributed by atoms with Crippen molar-refractivity contribution in [2.75, 3.05) is 26.2 Å². The highest BCUT2D eigenvalue weighted by Gasteiger charge is 2.21. The van der Waals surface area contributed by atoms with E-state index < -0.39 is 0 Å². The van der Waals surface area contributed by atoms with Crippen LogP contribution in [0.25, 0.3) is 0 Å². The molecule has 1 heterocycles. The number of hydrogen-bond acceptors (Lipinski definition) is 3. The fourth-order valence-electron chi connectivity index (χ4n) is 3.08. The Labute approximate surface area is 146 Å². The Morgan fingerprint density at radius 1 is 1.17 bits per heavy atom. The van der Waals surface area contributed by atoms with Crippen molar-refractivity contribution in [3.05, 3.63) is 29.8 Å². The van der Waals surface area contributed by atoms with Crippen LogP contribution in [0.5, 0.6) is 5.75 Å². The van der Waals surface area contributed by atoms with Gasteiger partial charge in [-0.2, -0.15) is 0 Å². The molecule has 2 rings (SSSR count). The normalized spacial score (nSPS) is 16.6. The van der Waals surface area contributed by atoms with Crippen LogP contribution >= 0.6 is 0 Å². The van der Waals surface area contributed by atoms with Gasteiger partial charge in [-0.3, -0.25) is 4.79 Å². The zero-order valence-electron chi connectivity index (χ0n) is 15.5. The van der Waals surface area contributed by atoms with E-state index in [9.17, 15) is 4.79 Å². The Morgan fingerprint density at radius 2 is 1.79 bits per heavy atom. The van der Waals surface area contributed by atoms with Crippen molar-refractivity contribution in [2.24, 2.45) is 5.92 Å². The lowest BCUT2D eigenvalue weighted by Gasteiger charge is -2.34. The van der Waals surface area contributed by atoms with Crippen LogP contribution in [0.2, 0.25) is 0 Å². The summed E-state index contributed by atoms with van der Waals surface area (Å²) in [5, 5.41) is 3.01. The highest BCUT2D eigenvalue weighted by Crippen LogP contribution is 2.19. The Morgan fingerprint density at radius 3 is 2.33 bits per heavy atom. The maximum Gasteiger partial charge on any atom is 0.257 e. The molecule has 1 amide bonds. The van der Waals surface area contributed by atoms with Crippen LogP contribution < -0.4 is 10.1 Å². The van der Waals surface area contributed by atoms with Crippen molar-refractivity contribution in [1.29, 1.82) is 0 Å². The summed E-state index contributed by atoms with van der Waals surface area (Å²) in [6.07, 6.45) is 2.33. The fourth-order valence-corrected chi connectivity index (χ4v) is 3.08. The average Bonchev–Trinajstić information content (AvgIpc) is 2.58. The number of carbonyl (C=O) groups is 1. The number of piperidine rings is 1. The first-order valence-electron chi connectivity index (χ1n) is 9.19. The third-order valence-corrected chi connectivity index (χ3v) is 4.88. The maximum atomic E-state index is 12.0. The molecule has 0 radical (unpaired) electrons. The van der Waals surface area contributed by atoms with Crippen LogP contribution in [-0.2, 0) is 4.79 Å². The van der Waals surface area contributed by atoms with Gasteiger partial charge in [-0.1, -0.05) is 26.0 Å². The summed E-state index contributed by atoms with van der Waals surface area (Å²) >= 11 is 0. The van der Waals surface area contributed by atoms with E-state index in [1.165, 1.54) is 5.56 Å². The van der Waals surface area contributed by atoms with Crippen LogP contribution in [0.15, 0.2) is 24.3 Å². The molecule has 24 heavy (non-hydrogen) atoms. The van der Waals surface area contributed by atoms with E-state index in [4.69, 9.17) is 4.74 Å². The molecule has 1 aromatic rings. The number of carbonyl (C=O) groups excluding carboxylic acids is 1. The zero-order valence-corrected chi connectivity index (χ0v) is 15.5. The Balaban J connectivity index is 1.65. The van der Waals surface area contributed by atoms with Crippen molar-refractivity contribution < 1.29 is 9.53 Å². The van der Waals surface area contributed by atoms with E-state index in [-0.39, 0.29) is 12.5 Å². The van der Waals surface area contributed by atoms with E-state index in [2.05, 4.69) is 50.0 Å². The fraction of sp³-hybridized carbons (Fsp3) is 0.650. The van der Waals surface area contributed by atoms with Crippen molar-refractivity contribution in [3.63, 3.8) is 0 Å². The molecule has 0 aliphatic carbocycles. The molecule has 1 N–H and O–H groups in total. The molecular formula is C20H32N2O2. The number of nitrogens with one attached hydrogen (secondary N) is 1. The van der Waals surface area contributed by atoms with E-state index in [1.54, 1.807) is 0 Å². The van der Waals surface area contributed by atoms with E-state index in [1.807, 2.05) is 12.1 Å². The summed E-state index contributed by atoms with van der Waals surface area (Å²) < 4.78 is 5.57. The zero-order chi connectivity index (χ0) is 17.5. The van der Waals surface area contributed by atoms with Crippen LogP contribution in [0, 0.1) is 5.92 Å².